The lowest BCUT2D eigenvalue weighted by molar-refractivity contribution is 0.232. The van der Waals surface area contributed by atoms with E-state index in [9.17, 15) is 13.5 Å². The summed E-state index contributed by atoms with van der Waals surface area (Å²) >= 11 is 3.54. The Morgan fingerprint density at radius 3 is 2.85 bits per heavy atom. The van der Waals surface area contributed by atoms with Gasteiger partial charge in [0.2, 0.25) is 10.0 Å². The molecule has 20 heavy (non-hydrogen) atoms. The highest BCUT2D eigenvalue weighted by atomic mass is 79.9. The van der Waals surface area contributed by atoms with Crippen molar-refractivity contribution in [1.82, 2.24) is 4.72 Å². The van der Waals surface area contributed by atoms with Crippen molar-refractivity contribution < 1.29 is 18.3 Å². The Bertz CT molecular complexity index is 588. The molecule has 0 aromatic heterocycles. The summed E-state index contributed by atoms with van der Waals surface area (Å²) in [6, 6.07) is 3.89. The third-order valence-electron chi connectivity index (χ3n) is 3.29. The summed E-state index contributed by atoms with van der Waals surface area (Å²) < 4.78 is 30.7. The number of aliphatic hydroxyl groups is 1. The first kappa shape index (κ1) is 15.8. The van der Waals surface area contributed by atoms with Crippen LogP contribution in [0.4, 0.5) is 0 Å². The van der Waals surface area contributed by atoms with E-state index in [1.165, 1.54) is 11.1 Å². The second-order valence-corrected chi connectivity index (χ2v) is 7.61. The Morgan fingerprint density at radius 1 is 1.45 bits per heavy atom. The fourth-order valence-electron chi connectivity index (χ4n) is 2.35. The minimum Gasteiger partial charge on any atom is -0.491 e. The summed E-state index contributed by atoms with van der Waals surface area (Å²) in [5.74, 6) is 0.987. The van der Waals surface area contributed by atoms with Gasteiger partial charge in [-0.1, -0.05) is 6.07 Å². The van der Waals surface area contributed by atoms with E-state index in [0.29, 0.717) is 5.75 Å². The normalized spacial score (nSPS) is 18.1. The molecule has 1 aromatic carbocycles. The molecule has 0 saturated heterocycles. The van der Waals surface area contributed by atoms with Crippen molar-refractivity contribution in [2.45, 2.75) is 12.8 Å². The van der Waals surface area contributed by atoms with Crippen LogP contribution in [0.1, 0.15) is 11.1 Å². The van der Waals surface area contributed by atoms with Gasteiger partial charge in [0, 0.05) is 13.2 Å². The van der Waals surface area contributed by atoms with Crippen LogP contribution in [0.25, 0.3) is 0 Å². The van der Waals surface area contributed by atoms with Crippen LogP contribution in [0.15, 0.2) is 16.6 Å². The lowest BCUT2D eigenvalue weighted by Crippen LogP contribution is -2.26. The summed E-state index contributed by atoms with van der Waals surface area (Å²) in [7, 11) is -3.18. The van der Waals surface area contributed by atoms with E-state index in [1.807, 2.05) is 12.1 Å². The zero-order valence-electron chi connectivity index (χ0n) is 11.2. The quantitative estimate of drug-likeness (QED) is 0.741. The van der Waals surface area contributed by atoms with E-state index in [-0.39, 0.29) is 25.7 Å². The van der Waals surface area contributed by atoms with Gasteiger partial charge in [-0.15, -0.1) is 0 Å². The predicted molar refractivity (Wildman–Crippen MR) is 80.5 cm³/mol. The fourth-order valence-corrected chi connectivity index (χ4v) is 3.47. The number of hydrogen-bond acceptors (Lipinski definition) is 4. The molecule has 1 aliphatic carbocycles. The summed E-state index contributed by atoms with van der Waals surface area (Å²) in [6.45, 7) is 0.700. The highest BCUT2D eigenvalue weighted by molar-refractivity contribution is 9.10. The first-order valence-electron chi connectivity index (χ1n) is 6.39. The van der Waals surface area contributed by atoms with Gasteiger partial charge in [-0.05, 0) is 51.9 Å². The van der Waals surface area contributed by atoms with E-state index in [1.54, 1.807) is 0 Å². The number of ether oxygens (including phenoxy) is 1. The van der Waals surface area contributed by atoms with Gasteiger partial charge in [0.1, 0.15) is 12.4 Å². The van der Waals surface area contributed by atoms with E-state index in [2.05, 4.69) is 20.7 Å². The molecule has 1 atom stereocenters. The van der Waals surface area contributed by atoms with Gasteiger partial charge in [-0.25, -0.2) is 13.1 Å². The van der Waals surface area contributed by atoms with Gasteiger partial charge in [0.15, 0.2) is 0 Å². The molecule has 0 fully saturated rings. The number of hydrogen-bond donors (Lipinski definition) is 2. The van der Waals surface area contributed by atoms with Crippen LogP contribution in [0, 0.1) is 5.92 Å². The van der Waals surface area contributed by atoms with E-state index in [0.717, 1.165) is 23.6 Å². The maximum atomic E-state index is 10.9. The second-order valence-electron chi connectivity index (χ2n) is 4.99. The molecule has 7 heteroatoms. The van der Waals surface area contributed by atoms with Crippen molar-refractivity contribution in [2.24, 2.45) is 5.92 Å². The molecule has 112 valence electrons. The molecular weight excluding hydrogens is 346 g/mol. The van der Waals surface area contributed by atoms with Crippen LogP contribution in [0.2, 0.25) is 0 Å². The van der Waals surface area contributed by atoms with Crippen LogP contribution in [0.3, 0.4) is 0 Å². The van der Waals surface area contributed by atoms with Gasteiger partial charge in [0.25, 0.3) is 0 Å². The monoisotopic (exact) mass is 363 g/mol. The van der Waals surface area contributed by atoms with Gasteiger partial charge < -0.3 is 9.84 Å². The summed E-state index contributed by atoms with van der Waals surface area (Å²) in [5.41, 5.74) is 2.41. The predicted octanol–water partition coefficient (Wildman–Crippen LogP) is 1.08. The molecule has 0 bridgehead atoms. The van der Waals surface area contributed by atoms with Gasteiger partial charge in [-0.3, -0.25) is 0 Å². The van der Waals surface area contributed by atoms with Crippen molar-refractivity contribution in [3.63, 3.8) is 0 Å². The molecule has 0 saturated carbocycles. The first-order valence-corrected chi connectivity index (χ1v) is 9.07. The smallest absolute Gasteiger partial charge is 0.208 e. The minimum absolute atomic E-state index is 0.190. The number of aliphatic hydroxyl groups excluding tert-OH is 1. The van der Waals surface area contributed by atoms with Crippen LogP contribution in [-0.4, -0.2) is 39.5 Å². The maximum absolute atomic E-state index is 10.9. The van der Waals surface area contributed by atoms with Crippen molar-refractivity contribution in [1.29, 1.82) is 0 Å². The average Bonchev–Trinajstić information content (AvgIpc) is 2.80. The Balaban J connectivity index is 1.98. The third-order valence-corrected chi connectivity index (χ3v) is 4.89. The molecule has 2 N–H and O–H groups in total. The highest BCUT2D eigenvalue weighted by Crippen LogP contribution is 2.38. The number of halogens is 1. The molecule has 2 rings (SSSR count). The Morgan fingerprint density at radius 2 is 2.20 bits per heavy atom. The van der Waals surface area contributed by atoms with Gasteiger partial charge >= 0.3 is 0 Å². The van der Waals surface area contributed by atoms with Crippen molar-refractivity contribution >= 4 is 26.0 Å². The number of rotatable bonds is 6. The van der Waals surface area contributed by atoms with Crippen molar-refractivity contribution in [2.75, 3.05) is 26.0 Å². The number of sulfonamides is 1. The Kier molecular flexibility index (Phi) is 5.06. The number of nitrogens with one attached hydrogen (secondary N) is 1. The zero-order chi connectivity index (χ0) is 14.8. The maximum Gasteiger partial charge on any atom is 0.208 e. The molecule has 5 nitrogen and oxygen atoms in total. The Hall–Kier alpha value is -0.630. The van der Waals surface area contributed by atoms with Crippen LogP contribution in [-0.2, 0) is 22.9 Å². The lowest BCUT2D eigenvalue weighted by atomic mass is 10.1. The summed E-state index contributed by atoms with van der Waals surface area (Å²) in [6.07, 6.45) is 2.85. The lowest BCUT2D eigenvalue weighted by Gasteiger charge is -2.11. The molecule has 1 aliphatic rings. The fraction of sp³-hybridized carbons (Fsp3) is 0.538. The topological polar surface area (TPSA) is 75.6 Å². The first-order chi connectivity index (χ1) is 9.40. The molecule has 0 amide bonds. The SMILES string of the molecule is CS(=O)(=O)NCCOc1ccc2c(c1Br)CC(CO)C2. The minimum atomic E-state index is -3.18. The van der Waals surface area contributed by atoms with E-state index >= 15 is 0 Å². The van der Waals surface area contributed by atoms with E-state index < -0.39 is 10.0 Å². The standard InChI is InChI=1S/C13H18BrNO4S/c1-20(17,18)15-4-5-19-12-3-2-10-6-9(8-16)7-11(10)13(12)14/h2-3,9,15-16H,4-8H2,1H3. The van der Waals surface area contributed by atoms with Gasteiger partial charge in [0.05, 0.1) is 10.7 Å². The summed E-state index contributed by atoms with van der Waals surface area (Å²) in [5, 5.41) is 9.24. The largest absolute Gasteiger partial charge is 0.491 e. The molecule has 0 spiro atoms. The van der Waals surface area contributed by atoms with Crippen LogP contribution >= 0.6 is 15.9 Å². The number of fused-ring (bicyclic) bond motifs is 1. The van der Waals surface area contributed by atoms with Crippen LogP contribution in [0.5, 0.6) is 5.75 Å². The van der Waals surface area contributed by atoms with Crippen LogP contribution < -0.4 is 9.46 Å². The second kappa shape index (κ2) is 6.43. The molecule has 1 aromatic rings. The molecular formula is C13H18BrNO4S. The molecule has 1 unspecified atom stereocenters. The average molecular weight is 364 g/mol. The molecule has 0 radical (unpaired) electrons. The Labute approximate surface area is 127 Å². The van der Waals surface area contributed by atoms with Crippen molar-refractivity contribution in [3.05, 3.63) is 27.7 Å². The highest BCUT2D eigenvalue weighted by Gasteiger charge is 2.24. The summed E-state index contributed by atoms with van der Waals surface area (Å²) in [4.78, 5) is 0. The van der Waals surface area contributed by atoms with Gasteiger partial charge in [-0.2, -0.15) is 0 Å². The van der Waals surface area contributed by atoms with E-state index in [4.69, 9.17) is 4.74 Å². The van der Waals surface area contributed by atoms with Crippen molar-refractivity contribution in [3.8, 4) is 5.75 Å². The molecule has 0 aliphatic heterocycles. The third kappa shape index (κ3) is 3.94. The zero-order valence-corrected chi connectivity index (χ0v) is 13.6. The molecule has 0 heterocycles. The number of benzene rings is 1.